The molecule has 1 aromatic heterocycles. The molecule has 27 heavy (non-hydrogen) atoms. The lowest BCUT2D eigenvalue weighted by Gasteiger charge is -2.12. The normalized spacial score (nSPS) is 10.3. The van der Waals surface area contributed by atoms with Crippen molar-refractivity contribution in [3.8, 4) is 0 Å². The second kappa shape index (κ2) is 8.22. The maximum Gasteiger partial charge on any atom is 0.340 e. The Hall–Kier alpha value is -3.55. The van der Waals surface area contributed by atoms with Gasteiger partial charge in [0, 0.05) is 12.3 Å². The summed E-state index contributed by atoms with van der Waals surface area (Å²) in [5, 5.41) is 5.70. The molecule has 0 fully saturated rings. The number of benzene rings is 2. The first kappa shape index (κ1) is 18.2. The number of carbonyl (C=O) groups is 1. The van der Waals surface area contributed by atoms with Crippen molar-refractivity contribution in [1.82, 2.24) is 9.97 Å². The summed E-state index contributed by atoms with van der Waals surface area (Å²) in [4.78, 5) is 20.3. The molecule has 8 heteroatoms. The van der Waals surface area contributed by atoms with E-state index >= 15 is 0 Å². The predicted octanol–water partition coefficient (Wildman–Crippen LogP) is 4.42. The number of rotatable bonds is 6. The Morgan fingerprint density at radius 3 is 2.67 bits per heavy atom. The van der Waals surface area contributed by atoms with Crippen molar-refractivity contribution in [1.29, 1.82) is 0 Å². The molecule has 0 bridgehead atoms. The van der Waals surface area contributed by atoms with Crippen LogP contribution in [-0.2, 0) is 4.74 Å². The van der Waals surface area contributed by atoms with Crippen molar-refractivity contribution in [3.63, 3.8) is 0 Å². The summed E-state index contributed by atoms with van der Waals surface area (Å²) in [5.74, 6) is -1.40. The summed E-state index contributed by atoms with van der Waals surface area (Å²) in [7, 11) is 0. The Kier molecular flexibility index (Phi) is 5.55. The van der Waals surface area contributed by atoms with Crippen LogP contribution in [0.2, 0.25) is 0 Å². The summed E-state index contributed by atoms with van der Waals surface area (Å²) in [6.45, 7) is 1.99. The quantitative estimate of drug-likeness (QED) is 0.626. The van der Waals surface area contributed by atoms with Gasteiger partial charge in [0.05, 0.1) is 23.5 Å². The number of esters is 1. The Bertz CT molecular complexity index is 966. The number of aromatic nitrogens is 2. The van der Waals surface area contributed by atoms with Crippen LogP contribution in [0, 0.1) is 11.6 Å². The fourth-order valence-electron chi connectivity index (χ4n) is 2.32. The molecular weight excluding hydrogens is 354 g/mol. The lowest BCUT2D eigenvalue weighted by atomic mass is 10.2. The number of nitrogens with zero attached hydrogens (tertiary/aromatic N) is 2. The molecule has 0 unspecified atom stereocenters. The standard InChI is InChI=1S/C19H16F2N4O2/c1-2-27-18(26)13-5-3-4-6-15(13)23-17-9-10-22-19(25-17)24-16-8-7-12(20)11-14(16)21/h3-11H,2H2,1H3,(H2,22,23,24,25). The van der Waals surface area contributed by atoms with Gasteiger partial charge in [-0.05, 0) is 37.3 Å². The zero-order valence-corrected chi connectivity index (χ0v) is 14.4. The van der Waals surface area contributed by atoms with Crippen molar-refractivity contribution in [2.45, 2.75) is 6.92 Å². The molecule has 2 N–H and O–H groups in total. The maximum absolute atomic E-state index is 13.8. The molecule has 0 spiro atoms. The lowest BCUT2D eigenvalue weighted by molar-refractivity contribution is 0.0527. The average molecular weight is 370 g/mol. The summed E-state index contributed by atoms with van der Waals surface area (Å²) in [5.41, 5.74) is 0.908. The molecule has 2 aromatic carbocycles. The van der Waals surface area contributed by atoms with E-state index in [4.69, 9.17) is 4.74 Å². The number of hydrogen-bond donors (Lipinski definition) is 2. The molecule has 0 aliphatic heterocycles. The van der Waals surface area contributed by atoms with E-state index in [-0.39, 0.29) is 18.2 Å². The number of carbonyl (C=O) groups excluding carboxylic acids is 1. The van der Waals surface area contributed by atoms with Gasteiger partial charge < -0.3 is 15.4 Å². The highest BCUT2D eigenvalue weighted by molar-refractivity contribution is 5.96. The van der Waals surface area contributed by atoms with E-state index in [2.05, 4.69) is 20.6 Å². The minimum absolute atomic E-state index is 0.0421. The molecule has 0 aliphatic carbocycles. The number of halogens is 2. The number of para-hydroxylation sites is 1. The molecule has 3 rings (SSSR count). The molecule has 6 nitrogen and oxygen atoms in total. The average Bonchev–Trinajstić information content (AvgIpc) is 2.65. The Morgan fingerprint density at radius 1 is 1.07 bits per heavy atom. The van der Waals surface area contributed by atoms with Gasteiger partial charge in [-0.25, -0.2) is 18.6 Å². The van der Waals surface area contributed by atoms with Crippen molar-refractivity contribution in [2.75, 3.05) is 17.2 Å². The summed E-state index contributed by atoms with van der Waals surface area (Å²) in [6.07, 6.45) is 1.46. The van der Waals surface area contributed by atoms with Crippen LogP contribution in [-0.4, -0.2) is 22.5 Å². The van der Waals surface area contributed by atoms with Crippen LogP contribution in [0.3, 0.4) is 0 Å². The number of anilines is 4. The minimum atomic E-state index is -0.760. The van der Waals surface area contributed by atoms with E-state index in [1.807, 2.05) is 0 Å². The smallest absolute Gasteiger partial charge is 0.340 e. The molecule has 1 heterocycles. The molecule has 0 radical (unpaired) electrons. The van der Waals surface area contributed by atoms with Crippen LogP contribution in [0.25, 0.3) is 0 Å². The largest absolute Gasteiger partial charge is 0.462 e. The highest BCUT2D eigenvalue weighted by Gasteiger charge is 2.13. The predicted molar refractivity (Wildman–Crippen MR) is 97.4 cm³/mol. The Balaban J connectivity index is 1.82. The van der Waals surface area contributed by atoms with Crippen molar-refractivity contribution < 1.29 is 18.3 Å². The van der Waals surface area contributed by atoms with Gasteiger partial charge >= 0.3 is 5.97 Å². The summed E-state index contributed by atoms with van der Waals surface area (Å²) in [6, 6.07) is 11.6. The zero-order valence-electron chi connectivity index (χ0n) is 14.4. The van der Waals surface area contributed by atoms with Crippen LogP contribution >= 0.6 is 0 Å². The minimum Gasteiger partial charge on any atom is -0.462 e. The van der Waals surface area contributed by atoms with Crippen LogP contribution in [0.5, 0.6) is 0 Å². The topological polar surface area (TPSA) is 76.1 Å². The van der Waals surface area contributed by atoms with E-state index in [0.29, 0.717) is 17.1 Å². The molecule has 3 aromatic rings. The molecule has 0 saturated heterocycles. The third-order valence-corrected chi connectivity index (χ3v) is 3.52. The first-order valence-electron chi connectivity index (χ1n) is 8.15. The van der Waals surface area contributed by atoms with Gasteiger partial charge in [0.15, 0.2) is 0 Å². The fraction of sp³-hybridized carbons (Fsp3) is 0.105. The zero-order chi connectivity index (χ0) is 19.2. The second-order valence-corrected chi connectivity index (χ2v) is 5.41. The number of nitrogens with one attached hydrogen (secondary N) is 2. The van der Waals surface area contributed by atoms with Crippen molar-refractivity contribution in [3.05, 3.63) is 71.9 Å². The molecule has 0 amide bonds. The van der Waals surface area contributed by atoms with Gasteiger partial charge in [0.2, 0.25) is 5.95 Å². The summed E-state index contributed by atoms with van der Waals surface area (Å²) < 4.78 is 31.8. The first-order valence-corrected chi connectivity index (χ1v) is 8.15. The van der Waals surface area contributed by atoms with Crippen molar-refractivity contribution in [2.24, 2.45) is 0 Å². The number of ether oxygens (including phenoxy) is 1. The monoisotopic (exact) mass is 370 g/mol. The van der Waals surface area contributed by atoms with Gasteiger partial charge in [0.1, 0.15) is 17.5 Å². The van der Waals surface area contributed by atoms with Crippen molar-refractivity contribution >= 4 is 29.1 Å². The Labute approximate surface area is 154 Å². The third kappa shape index (κ3) is 4.55. The van der Waals surface area contributed by atoms with E-state index in [1.54, 1.807) is 37.3 Å². The first-order chi connectivity index (χ1) is 13.1. The van der Waals surface area contributed by atoms with Crippen LogP contribution < -0.4 is 10.6 Å². The van der Waals surface area contributed by atoms with Gasteiger partial charge in [-0.2, -0.15) is 4.98 Å². The fourth-order valence-corrected chi connectivity index (χ4v) is 2.32. The lowest BCUT2D eigenvalue weighted by Crippen LogP contribution is -2.08. The van der Waals surface area contributed by atoms with E-state index < -0.39 is 17.6 Å². The van der Waals surface area contributed by atoms with Crippen LogP contribution in [0.4, 0.5) is 31.9 Å². The van der Waals surface area contributed by atoms with Gasteiger partial charge in [-0.15, -0.1) is 0 Å². The van der Waals surface area contributed by atoms with Gasteiger partial charge in [-0.3, -0.25) is 0 Å². The molecule has 0 aliphatic rings. The second-order valence-electron chi connectivity index (χ2n) is 5.41. The number of hydrogen-bond acceptors (Lipinski definition) is 6. The van der Waals surface area contributed by atoms with Crippen LogP contribution in [0.15, 0.2) is 54.7 Å². The highest BCUT2D eigenvalue weighted by Crippen LogP contribution is 2.23. The third-order valence-electron chi connectivity index (χ3n) is 3.52. The van der Waals surface area contributed by atoms with E-state index in [9.17, 15) is 13.6 Å². The Morgan fingerprint density at radius 2 is 1.89 bits per heavy atom. The van der Waals surface area contributed by atoms with Gasteiger partial charge in [0.25, 0.3) is 0 Å². The highest BCUT2D eigenvalue weighted by atomic mass is 19.1. The SMILES string of the molecule is CCOC(=O)c1ccccc1Nc1ccnc(Nc2ccc(F)cc2F)n1. The molecular formula is C19H16F2N4O2. The molecule has 138 valence electrons. The molecule has 0 saturated carbocycles. The van der Waals surface area contributed by atoms with E-state index in [1.165, 1.54) is 12.3 Å². The molecule has 0 atom stereocenters. The summed E-state index contributed by atoms with van der Waals surface area (Å²) >= 11 is 0. The van der Waals surface area contributed by atoms with Crippen LogP contribution in [0.1, 0.15) is 17.3 Å². The van der Waals surface area contributed by atoms with E-state index in [0.717, 1.165) is 12.1 Å². The van der Waals surface area contributed by atoms with Gasteiger partial charge in [-0.1, -0.05) is 12.1 Å². The maximum atomic E-state index is 13.8.